The second kappa shape index (κ2) is 13.3. The van der Waals surface area contributed by atoms with Crippen molar-refractivity contribution in [2.45, 2.75) is 78.5 Å². The first kappa shape index (κ1) is 29.4. The monoisotopic (exact) mass is 487 g/mol. The van der Waals surface area contributed by atoms with Gasteiger partial charge in [0.05, 0.1) is 12.5 Å². The average Bonchev–Trinajstić information content (AvgIpc) is 2.73. The number of hydrogen-bond donors (Lipinski definition) is 3. The molecule has 2 atom stereocenters. The third-order valence-electron chi connectivity index (χ3n) is 5.25. The Hall–Kier alpha value is -3.61. The lowest BCUT2D eigenvalue weighted by atomic mass is 9.95. The summed E-state index contributed by atoms with van der Waals surface area (Å²) in [5.74, 6) is -2.11. The average molecular weight is 488 g/mol. The van der Waals surface area contributed by atoms with E-state index in [0.29, 0.717) is 12.1 Å². The van der Waals surface area contributed by atoms with Gasteiger partial charge in [0.1, 0.15) is 24.2 Å². The van der Waals surface area contributed by atoms with Gasteiger partial charge in [0.15, 0.2) is 0 Å². The van der Waals surface area contributed by atoms with E-state index in [9.17, 15) is 24.4 Å². The van der Waals surface area contributed by atoms with Crippen LogP contribution in [0.1, 0.15) is 69.7 Å². The molecule has 4 N–H and O–H groups in total. The lowest BCUT2D eigenvalue weighted by Gasteiger charge is -2.33. The fourth-order valence-electron chi connectivity index (χ4n) is 3.43. The Kier molecular flexibility index (Phi) is 11.2. The second-order valence-corrected chi connectivity index (χ2v) is 9.33. The summed E-state index contributed by atoms with van der Waals surface area (Å²) in [5.41, 5.74) is 6.71. The topological polar surface area (TPSA) is 155 Å². The van der Waals surface area contributed by atoms with Crippen LogP contribution in [0.4, 0.5) is 4.79 Å². The first-order valence-electron chi connectivity index (χ1n) is 11.6. The zero-order chi connectivity index (χ0) is 26.8. The molecule has 10 nitrogen and oxygen atoms in total. The number of nitrogens with one attached hydrogen (secondary N) is 2. The van der Waals surface area contributed by atoms with Crippen LogP contribution in [-0.4, -0.2) is 53.4 Å². The summed E-state index contributed by atoms with van der Waals surface area (Å²) in [4.78, 5) is 52.1. The minimum Gasteiger partial charge on any atom is -0.444 e. The number of ether oxygens (including phenoxy) is 1. The van der Waals surface area contributed by atoms with E-state index in [1.165, 1.54) is 0 Å². The van der Waals surface area contributed by atoms with Gasteiger partial charge in [-0.1, -0.05) is 31.5 Å². The zero-order valence-corrected chi connectivity index (χ0v) is 21.4. The van der Waals surface area contributed by atoms with Crippen LogP contribution in [0.25, 0.3) is 0 Å². The maximum absolute atomic E-state index is 13.6. The first-order chi connectivity index (χ1) is 16.3. The van der Waals surface area contributed by atoms with Crippen molar-refractivity contribution in [3.8, 4) is 6.07 Å². The van der Waals surface area contributed by atoms with E-state index >= 15 is 0 Å². The van der Waals surface area contributed by atoms with Crippen molar-refractivity contribution in [1.29, 1.82) is 5.26 Å². The maximum Gasteiger partial charge on any atom is 0.408 e. The number of alkyl carbamates (subject to hydrolysis) is 1. The zero-order valence-electron chi connectivity index (χ0n) is 21.4. The van der Waals surface area contributed by atoms with E-state index in [2.05, 4.69) is 10.6 Å². The van der Waals surface area contributed by atoms with Gasteiger partial charge in [-0.25, -0.2) is 4.79 Å². The lowest BCUT2D eigenvalue weighted by molar-refractivity contribution is -0.142. The first-order valence-corrected chi connectivity index (χ1v) is 11.6. The predicted octanol–water partition coefficient (Wildman–Crippen LogP) is 2.38. The number of nitrogens with two attached hydrogens (primary N) is 1. The van der Waals surface area contributed by atoms with Crippen molar-refractivity contribution in [3.05, 3.63) is 34.9 Å². The molecule has 1 aromatic rings. The molecule has 0 spiro atoms. The Labute approximate surface area is 207 Å². The molecule has 35 heavy (non-hydrogen) atoms. The molecule has 0 saturated heterocycles. The molecule has 0 aromatic heterocycles. The normalized spacial score (nSPS) is 12.6. The molecule has 0 aliphatic carbocycles. The molecule has 4 amide bonds. The van der Waals surface area contributed by atoms with Crippen molar-refractivity contribution < 1.29 is 23.9 Å². The molecular weight excluding hydrogens is 450 g/mol. The maximum atomic E-state index is 13.6. The highest BCUT2D eigenvalue weighted by Crippen LogP contribution is 2.27. The number of unbranched alkanes of at least 4 members (excludes halogenated alkanes) is 1. The van der Waals surface area contributed by atoms with Crippen LogP contribution < -0.4 is 16.4 Å². The SMILES string of the molecule is CCCCNC(=O)C(c1cccc(C)c1C)N(CC#N)C(=O)C(CC(N)=O)NC(=O)OC(C)(C)C. The Morgan fingerprint density at radius 1 is 1.20 bits per heavy atom. The smallest absolute Gasteiger partial charge is 0.408 e. The highest BCUT2D eigenvalue weighted by atomic mass is 16.6. The second-order valence-electron chi connectivity index (χ2n) is 9.33. The molecule has 1 aromatic carbocycles. The molecule has 0 saturated carbocycles. The molecule has 0 bridgehead atoms. The number of primary amides is 1. The van der Waals surface area contributed by atoms with Crippen LogP contribution in [0.5, 0.6) is 0 Å². The van der Waals surface area contributed by atoms with Gasteiger partial charge in [0.25, 0.3) is 0 Å². The van der Waals surface area contributed by atoms with Crippen LogP contribution in [0.3, 0.4) is 0 Å². The van der Waals surface area contributed by atoms with Gasteiger partial charge < -0.3 is 26.0 Å². The van der Waals surface area contributed by atoms with Gasteiger partial charge in [-0.3, -0.25) is 14.4 Å². The van der Waals surface area contributed by atoms with Crippen molar-refractivity contribution in [2.75, 3.05) is 13.1 Å². The van der Waals surface area contributed by atoms with Crippen molar-refractivity contribution in [3.63, 3.8) is 0 Å². The minimum atomic E-state index is -1.42. The number of hydrogen-bond acceptors (Lipinski definition) is 6. The lowest BCUT2D eigenvalue weighted by Crippen LogP contribution is -2.54. The summed E-state index contributed by atoms with van der Waals surface area (Å²) in [6.45, 7) is 10.6. The van der Waals surface area contributed by atoms with Gasteiger partial charge >= 0.3 is 6.09 Å². The number of aryl methyl sites for hydroxylation is 1. The fraction of sp³-hybridized carbons (Fsp3) is 0.560. The predicted molar refractivity (Wildman–Crippen MR) is 131 cm³/mol. The Balaban J connectivity index is 3.49. The number of rotatable bonds is 11. The van der Waals surface area contributed by atoms with E-state index in [1.807, 2.05) is 32.9 Å². The Bertz CT molecular complexity index is 964. The largest absolute Gasteiger partial charge is 0.444 e. The number of carbonyl (C=O) groups is 4. The summed E-state index contributed by atoms with van der Waals surface area (Å²) in [5, 5.41) is 14.7. The highest BCUT2D eigenvalue weighted by molar-refractivity contribution is 5.94. The van der Waals surface area contributed by atoms with Crippen LogP contribution >= 0.6 is 0 Å². The summed E-state index contributed by atoms with van der Waals surface area (Å²) >= 11 is 0. The van der Waals surface area contributed by atoms with Crippen molar-refractivity contribution in [2.24, 2.45) is 5.73 Å². The third-order valence-corrected chi connectivity index (χ3v) is 5.25. The van der Waals surface area contributed by atoms with Crippen LogP contribution in [0, 0.1) is 25.2 Å². The Morgan fingerprint density at radius 3 is 2.40 bits per heavy atom. The van der Waals surface area contributed by atoms with E-state index in [1.54, 1.807) is 32.9 Å². The van der Waals surface area contributed by atoms with Crippen molar-refractivity contribution >= 4 is 23.8 Å². The molecule has 0 fully saturated rings. The number of nitriles is 1. The minimum absolute atomic E-state index is 0.395. The molecule has 0 radical (unpaired) electrons. The number of nitrogens with zero attached hydrogens (tertiary/aromatic N) is 2. The number of benzene rings is 1. The third kappa shape index (κ3) is 9.27. The number of carbonyl (C=O) groups excluding carboxylic acids is 4. The summed E-state index contributed by atoms with van der Waals surface area (Å²) in [6.07, 6.45) is 0.138. The van der Waals surface area contributed by atoms with Crippen LogP contribution in [-0.2, 0) is 19.1 Å². The summed E-state index contributed by atoms with van der Waals surface area (Å²) in [6, 6.07) is 4.69. The number of amides is 4. The van der Waals surface area contributed by atoms with Crippen molar-refractivity contribution in [1.82, 2.24) is 15.5 Å². The standard InChI is InChI=1S/C25H37N5O5/c1-7-8-13-28-22(32)21(18-11-9-10-16(2)17(18)3)30(14-12-26)23(33)19(15-20(27)31)29-24(34)35-25(4,5)6/h9-11,19,21H,7-8,13-15H2,1-6H3,(H2,27,31)(H,28,32)(H,29,34). The summed E-state index contributed by atoms with van der Waals surface area (Å²) in [7, 11) is 0. The molecule has 2 unspecified atom stereocenters. The molecule has 192 valence electrons. The van der Waals surface area contributed by atoms with Crippen LogP contribution in [0.2, 0.25) is 0 Å². The van der Waals surface area contributed by atoms with E-state index < -0.39 is 54.5 Å². The molecule has 0 heterocycles. The molecule has 0 aliphatic heterocycles. The molecule has 0 aliphatic rings. The van der Waals surface area contributed by atoms with Gasteiger partial charge in [0, 0.05) is 6.54 Å². The van der Waals surface area contributed by atoms with E-state index in [4.69, 9.17) is 10.5 Å². The fourth-order valence-corrected chi connectivity index (χ4v) is 3.43. The molecule has 10 heteroatoms. The molecular formula is C25H37N5O5. The Morgan fingerprint density at radius 2 is 1.86 bits per heavy atom. The highest BCUT2D eigenvalue weighted by Gasteiger charge is 2.37. The van der Waals surface area contributed by atoms with Gasteiger partial charge in [-0.2, -0.15) is 5.26 Å². The van der Waals surface area contributed by atoms with E-state index in [-0.39, 0.29) is 0 Å². The van der Waals surface area contributed by atoms with Gasteiger partial charge in [-0.05, 0) is 57.7 Å². The van der Waals surface area contributed by atoms with E-state index in [0.717, 1.165) is 28.9 Å². The van der Waals surface area contributed by atoms with Gasteiger partial charge in [-0.15, -0.1) is 0 Å². The van der Waals surface area contributed by atoms with Gasteiger partial charge in [0.2, 0.25) is 17.7 Å². The molecule has 1 rings (SSSR count). The quantitative estimate of drug-likeness (QED) is 0.321. The summed E-state index contributed by atoms with van der Waals surface area (Å²) < 4.78 is 5.22. The van der Waals surface area contributed by atoms with Crippen LogP contribution in [0.15, 0.2) is 18.2 Å².